The van der Waals surface area contributed by atoms with Gasteiger partial charge in [0.25, 0.3) is 11.6 Å². The van der Waals surface area contributed by atoms with Crippen molar-refractivity contribution in [1.29, 1.82) is 0 Å². The molecule has 23 heavy (non-hydrogen) atoms. The Hall–Kier alpha value is -2.78. The minimum absolute atomic E-state index is 0.0690. The molecule has 116 valence electrons. The molecule has 0 atom stereocenters. The smallest absolute Gasteiger partial charge is 0.283 e. The minimum atomic E-state index is -0.488. The van der Waals surface area contributed by atoms with Crippen molar-refractivity contribution >= 4 is 23.4 Å². The van der Waals surface area contributed by atoms with Gasteiger partial charge in [-0.25, -0.2) is 0 Å². The van der Waals surface area contributed by atoms with E-state index in [9.17, 15) is 14.9 Å². The summed E-state index contributed by atoms with van der Waals surface area (Å²) in [5.41, 5.74) is 1.04. The fraction of sp³-hybridized carbons (Fsp3) is 0.118. The van der Waals surface area contributed by atoms with Crippen LogP contribution in [0.2, 0.25) is 0 Å². The van der Waals surface area contributed by atoms with Gasteiger partial charge in [-0.1, -0.05) is 30.0 Å². The molecule has 0 spiro atoms. The number of hydrogen-bond acceptors (Lipinski definition) is 4. The Labute approximate surface area is 138 Å². The van der Waals surface area contributed by atoms with Crippen LogP contribution in [0.15, 0.2) is 53.4 Å². The number of rotatable bonds is 4. The summed E-state index contributed by atoms with van der Waals surface area (Å²) in [4.78, 5) is 23.1. The standard InChI is InChI=1S/C17H14N2O3S/c1-23-16-10-9-14(12-15(16)19(21)22)17(20)18-11-5-8-13-6-3-2-4-7-13/h2-4,6-7,9-10,12H,11H2,1H3,(H,18,20). The lowest BCUT2D eigenvalue weighted by Gasteiger charge is -2.04. The molecule has 0 saturated heterocycles. The van der Waals surface area contributed by atoms with E-state index in [4.69, 9.17) is 0 Å². The number of benzene rings is 2. The molecule has 0 heterocycles. The quantitative estimate of drug-likeness (QED) is 0.405. The molecule has 6 heteroatoms. The highest BCUT2D eigenvalue weighted by Crippen LogP contribution is 2.28. The van der Waals surface area contributed by atoms with Crippen LogP contribution in [0.25, 0.3) is 0 Å². The molecule has 0 bridgehead atoms. The van der Waals surface area contributed by atoms with Crippen molar-refractivity contribution < 1.29 is 9.72 Å². The van der Waals surface area contributed by atoms with Crippen molar-refractivity contribution in [3.05, 3.63) is 69.8 Å². The maximum atomic E-state index is 12.0. The third kappa shape index (κ3) is 4.59. The Morgan fingerprint density at radius 1 is 1.26 bits per heavy atom. The van der Waals surface area contributed by atoms with Crippen LogP contribution >= 0.6 is 11.8 Å². The molecule has 2 aromatic rings. The second kappa shape index (κ2) is 8.01. The summed E-state index contributed by atoms with van der Waals surface area (Å²) in [6.07, 6.45) is 1.75. The first-order valence-corrected chi connectivity index (χ1v) is 7.99. The van der Waals surface area contributed by atoms with Gasteiger partial charge in [0.2, 0.25) is 0 Å². The molecular weight excluding hydrogens is 312 g/mol. The Morgan fingerprint density at radius 3 is 2.65 bits per heavy atom. The monoisotopic (exact) mass is 326 g/mol. The Morgan fingerprint density at radius 2 is 2.00 bits per heavy atom. The fourth-order valence-corrected chi connectivity index (χ4v) is 2.41. The maximum Gasteiger partial charge on any atom is 0.283 e. The van der Waals surface area contributed by atoms with E-state index in [0.717, 1.165) is 5.56 Å². The van der Waals surface area contributed by atoms with Gasteiger partial charge in [-0.3, -0.25) is 14.9 Å². The van der Waals surface area contributed by atoms with Crippen molar-refractivity contribution in [2.24, 2.45) is 0 Å². The first-order chi connectivity index (χ1) is 11.1. The van der Waals surface area contributed by atoms with Gasteiger partial charge in [-0.15, -0.1) is 11.8 Å². The van der Waals surface area contributed by atoms with E-state index in [1.165, 1.54) is 17.8 Å². The first-order valence-electron chi connectivity index (χ1n) is 6.76. The van der Waals surface area contributed by atoms with Gasteiger partial charge in [-0.2, -0.15) is 0 Å². The maximum absolute atomic E-state index is 12.0. The second-order valence-electron chi connectivity index (χ2n) is 4.49. The number of carbonyl (C=O) groups excluding carboxylic acids is 1. The third-order valence-corrected chi connectivity index (χ3v) is 3.77. The van der Waals surface area contributed by atoms with Gasteiger partial charge in [0.15, 0.2) is 0 Å². The number of amides is 1. The molecule has 0 aliphatic rings. The van der Waals surface area contributed by atoms with E-state index < -0.39 is 4.92 Å². The molecular formula is C17H14N2O3S. The van der Waals surface area contributed by atoms with Gasteiger partial charge in [0.1, 0.15) is 0 Å². The lowest BCUT2D eigenvalue weighted by molar-refractivity contribution is -0.387. The van der Waals surface area contributed by atoms with E-state index in [-0.39, 0.29) is 23.7 Å². The van der Waals surface area contributed by atoms with Crippen molar-refractivity contribution in [2.75, 3.05) is 12.8 Å². The number of nitrogens with one attached hydrogen (secondary N) is 1. The lowest BCUT2D eigenvalue weighted by Crippen LogP contribution is -2.23. The van der Waals surface area contributed by atoms with Crippen molar-refractivity contribution in [1.82, 2.24) is 5.32 Å². The molecule has 2 rings (SSSR count). The second-order valence-corrected chi connectivity index (χ2v) is 5.34. The highest BCUT2D eigenvalue weighted by Gasteiger charge is 2.16. The molecule has 1 amide bonds. The summed E-state index contributed by atoms with van der Waals surface area (Å²) < 4.78 is 0. The van der Waals surface area contributed by atoms with Crippen LogP contribution in [0.5, 0.6) is 0 Å². The topological polar surface area (TPSA) is 72.2 Å². The highest BCUT2D eigenvalue weighted by molar-refractivity contribution is 7.98. The number of hydrogen-bond donors (Lipinski definition) is 1. The molecule has 1 N–H and O–H groups in total. The SMILES string of the molecule is CSc1ccc(C(=O)NCC#Cc2ccccc2)cc1[N+](=O)[O-]. The summed E-state index contributed by atoms with van der Waals surface area (Å²) in [5, 5.41) is 13.6. The van der Waals surface area contributed by atoms with Crippen LogP contribution < -0.4 is 5.32 Å². The number of nitro benzene ring substituents is 1. The van der Waals surface area contributed by atoms with Crippen LogP contribution in [0.1, 0.15) is 15.9 Å². The first kappa shape index (κ1) is 16.6. The number of nitrogens with zero attached hydrogens (tertiary/aromatic N) is 1. The van der Waals surface area contributed by atoms with Gasteiger partial charge >= 0.3 is 0 Å². The van der Waals surface area contributed by atoms with Crippen molar-refractivity contribution in [3.8, 4) is 11.8 Å². The molecule has 0 aliphatic carbocycles. The van der Waals surface area contributed by atoms with E-state index in [1.54, 1.807) is 18.4 Å². The molecule has 0 fully saturated rings. The van der Waals surface area contributed by atoms with Crippen LogP contribution in [0.3, 0.4) is 0 Å². The summed E-state index contributed by atoms with van der Waals surface area (Å²) in [6, 6.07) is 13.8. The van der Waals surface area contributed by atoms with Crippen LogP contribution in [-0.4, -0.2) is 23.6 Å². The lowest BCUT2D eigenvalue weighted by atomic mass is 10.2. The average Bonchev–Trinajstić information content (AvgIpc) is 2.58. The van der Waals surface area contributed by atoms with Gasteiger partial charge in [0, 0.05) is 17.2 Å². The van der Waals surface area contributed by atoms with Crippen molar-refractivity contribution in [2.45, 2.75) is 4.90 Å². The third-order valence-electron chi connectivity index (χ3n) is 2.98. The van der Waals surface area contributed by atoms with E-state index in [1.807, 2.05) is 30.3 Å². The Kier molecular flexibility index (Phi) is 5.78. The summed E-state index contributed by atoms with van der Waals surface area (Å²) in [5.74, 6) is 5.38. The Bertz CT molecular complexity index is 779. The predicted molar refractivity (Wildman–Crippen MR) is 90.5 cm³/mol. The van der Waals surface area contributed by atoms with Gasteiger partial charge < -0.3 is 5.32 Å². The number of thioether (sulfide) groups is 1. The number of nitro groups is 1. The molecule has 0 aromatic heterocycles. The average molecular weight is 326 g/mol. The van der Waals surface area contributed by atoms with E-state index in [0.29, 0.717) is 4.90 Å². The normalized spacial score (nSPS) is 9.61. The molecule has 5 nitrogen and oxygen atoms in total. The van der Waals surface area contributed by atoms with E-state index in [2.05, 4.69) is 17.2 Å². The van der Waals surface area contributed by atoms with Crippen LogP contribution in [0.4, 0.5) is 5.69 Å². The zero-order chi connectivity index (χ0) is 16.7. The fourth-order valence-electron chi connectivity index (χ4n) is 1.87. The largest absolute Gasteiger partial charge is 0.341 e. The molecule has 0 aliphatic heterocycles. The zero-order valence-corrected chi connectivity index (χ0v) is 13.2. The van der Waals surface area contributed by atoms with Gasteiger partial charge in [-0.05, 0) is 30.5 Å². The van der Waals surface area contributed by atoms with E-state index >= 15 is 0 Å². The zero-order valence-electron chi connectivity index (χ0n) is 12.4. The van der Waals surface area contributed by atoms with Crippen molar-refractivity contribution in [3.63, 3.8) is 0 Å². The molecule has 0 radical (unpaired) electrons. The van der Waals surface area contributed by atoms with Crippen LogP contribution in [0, 0.1) is 22.0 Å². The molecule has 2 aromatic carbocycles. The molecule has 0 unspecified atom stereocenters. The minimum Gasteiger partial charge on any atom is -0.341 e. The highest BCUT2D eigenvalue weighted by atomic mass is 32.2. The number of carbonyl (C=O) groups is 1. The summed E-state index contributed by atoms with van der Waals surface area (Å²) >= 11 is 1.27. The summed E-state index contributed by atoms with van der Waals surface area (Å²) in [7, 11) is 0. The summed E-state index contributed by atoms with van der Waals surface area (Å²) in [6.45, 7) is 0.172. The predicted octanol–water partition coefficient (Wildman–Crippen LogP) is 3.10. The molecule has 0 saturated carbocycles. The van der Waals surface area contributed by atoms with Gasteiger partial charge in [0.05, 0.1) is 16.4 Å². The Balaban J connectivity index is 2.03. The van der Waals surface area contributed by atoms with Crippen LogP contribution in [-0.2, 0) is 0 Å².